The highest BCUT2D eigenvalue weighted by Crippen LogP contribution is 2.15. The van der Waals surface area contributed by atoms with Gasteiger partial charge in [-0.15, -0.1) is 0 Å². The molecule has 0 fully saturated rings. The number of H-pyrrole nitrogens is 1. The van der Waals surface area contributed by atoms with E-state index in [1.807, 2.05) is 37.4 Å². The molecule has 6 heteroatoms. The van der Waals surface area contributed by atoms with Crippen molar-refractivity contribution >= 4 is 16.8 Å². The minimum Gasteiger partial charge on any atom is -0.380 e. The lowest BCUT2D eigenvalue weighted by molar-refractivity contribution is 0.0949. The Morgan fingerprint density at radius 1 is 1.07 bits per heavy atom. The van der Waals surface area contributed by atoms with Crippen LogP contribution in [0.2, 0.25) is 0 Å². The predicted octanol–water partition coefficient (Wildman–Crippen LogP) is 2.32. The summed E-state index contributed by atoms with van der Waals surface area (Å²) in [6.07, 6.45) is 1.47. The van der Waals surface area contributed by atoms with Crippen molar-refractivity contribution in [2.24, 2.45) is 0 Å². The maximum absolute atomic E-state index is 12.7. The lowest BCUT2D eigenvalue weighted by Crippen LogP contribution is -2.28. The fourth-order valence-electron chi connectivity index (χ4n) is 3.02. The monoisotopic (exact) mass is 365 g/mol. The number of ether oxygens (including phenoxy) is 1. The first-order valence-corrected chi connectivity index (χ1v) is 8.77. The Morgan fingerprint density at radius 3 is 2.44 bits per heavy atom. The van der Waals surface area contributed by atoms with Gasteiger partial charge in [-0.1, -0.05) is 36.4 Å². The minimum atomic E-state index is -0.394. The van der Waals surface area contributed by atoms with E-state index in [9.17, 15) is 9.59 Å². The van der Waals surface area contributed by atoms with Gasteiger partial charge in [-0.05, 0) is 24.2 Å². The van der Waals surface area contributed by atoms with Crippen LogP contribution in [-0.4, -0.2) is 25.0 Å². The Hall–Kier alpha value is -2.96. The first kappa shape index (κ1) is 18.8. The number of rotatable bonds is 7. The van der Waals surface area contributed by atoms with Crippen molar-refractivity contribution in [2.45, 2.75) is 19.7 Å². The summed E-state index contributed by atoms with van der Waals surface area (Å²) in [5.41, 5.74) is 3.53. The summed E-state index contributed by atoms with van der Waals surface area (Å²) >= 11 is 0. The Kier molecular flexibility index (Phi) is 6.01. The molecule has 0 spiro atoms. The summed E-state index contributed by atoms with van der Waals surface area (Å²) in [5.74, 6) is -0.394. The van der Waals surface area contributed by atoms with Gasteiger partial charge in [-0.3, -0.25) is 9.59 Å². The maximum Gasteiger partial charge on any atom is 0.257 e. The number of carbonyl (C=O) groups is 1. The third-order valence-electron chi connectivity index (χ3n) is 4.40. The normalized spacial score (nSPS) is 10.9. The average molecular weight is 365 g/mol. The summed E-state index contributed by atoms with van der Waals surface area (Å²) in [4.78, 5) is 28.3. The third kappa shape index (κ3) is 4.24. The number of methoxy groups -OCH3 is 1. The molecule has 3 aromatic rings. The van der Waals surface area contributed by atoms with Crippen molar-refractivity contribution in [2.75, 3.05) is 14.2 Å². The third-order valence-corrected chi connectivity index (χ3v) is 4.40. The van der Waals surface area contributed by atoms with Crippen LogP contribution >= 0.6 is 0 Å². The molecule has 0 radical (unpaired) electrons. The van der Waals surface area contributed by atoms with E-state index < -0.39 is 5.91 Å². The van der Waals surface area contributed by atoms with Crippen molar-refractivity contribution in [3.8, 4) is 0 Å². The molecule has 0 atom stereocenters. The number of hydrogen-bond acceptors (Lipinski definition) is 4. The van der Waals surface area contributed by atoms with Gasteiger partial charge in [0.05, 0.1) is 12.1 Å². The van der Waals surface area contributed by atoms with E-state index in [1.54, 1.807) is 19.2 Å². The summed E-state index contributed by atoms with van der Waals surface area (Å²) in [5, 5.41) is 6.38. The molecule has 2 aromatic carbocycles. The molecule has 0 aliphatic carbocycles. The summed E-state index contributed by atoms with van der Waals surface area (Å²) in [6, 6.07) is 13.4. The van der Waals surface area contributed by atoms with Crippen LogP contribution in [0.3, 0.4) is 0 Å². The van der Waals surface area contributed by atoms with Crippen LogP contribution in [0.15, 0.2) is 53.5 Å². The lowest BCUT2D eigenvalue weighted by atomic mass is 10.1. The highest BCUT2D eigenvalue weighted by molar-refractivity contribution is 5.97. The van der Waals surface area contributed by atoms with Crippen LogP contribution in [-0.2, 0) is 24.4 Å². The molecule has 1 amide bonds. The second-order valence-corrected chi connectivity index (χ2v) is 6.33. The molecule has 1 aromatic heterocycles. The molecule has 0 aliphatic heterocycles. The Bertz CT molecular complexity index is 994. The highest BCUT2D eigenvalue weighted by Gasteiger charge is 2.14. The van der Waals surface area contributed by atoms with E-state index in [0.717, 1.165) is 17.7 Å². The van der Waals surface area contributed by atoms with Gasteiger partial charge in [-0.2, -0.15) is 0 Å². The van der Waals surface area contributed by atoms with Crippen molar-refractivity contribution in [3.05, 3.63) is 81.1 Å². The molecule has 0 bridgehead atoms. The van der Waals surface area contributed by atoms with E-state index in [-0.39, 0.29) is 11.0 Å². The molecule has 0 aliphatic rings. The molecule has 0 saturated carbocycles. The SMILES string of the molecule is CNCc1ccc(CNC(=O)c2c[nH]c3c(COC)cccc3c2=O)cc1. The second-order valence-electron chi connectivity index (χ2n) is 6.33. The van der Waals surface area contributed by atoms with Gasteiger partial charge in [-0.25, -0.2) is 0 Å². The van der Waals surface area contributed by atoms with E-state index >= 15 is 0 Å². The largest absolute Gasteiger partial charge is 0.380 e. The molecule has 1 heterocycles. The van der Waals surface area contributed by atoms with Gasteiger partial charge in [0.1, 0.15) is 5.56 Å². The number of amides is 1. The Morgan fingerprint density at radius 2 is 1.78 bits per heavy atom. The van der Waals surface area contributed by atoms with E-state index in [2.05, 4.69) is 15.6 Å². The van der Waals surface area contributed by atoms with Crippen LogP contribution < -0.4 is 16.1 Å². The smallest absolute Gasteiger partial charge is 0.257 e. The number of fused-ring (bicyclic) bond motifs is 1. The fourth-order valence-corrected chi connectivity index (χ4v) is 3.02. The van der Waals surface area contributed by atoms with Crippen LogP contribution in [0.5, 0.6) is 0 Å². The first-order chi connectivity index (χ1) is 13.1. The highest BCUT2D eigenvalue weighted by atomic mass is 16.5. The van der Waals surface area contributed by atoms with Crippen molar-refractivity contribution in [1.82, 2.24) is 15.6 Å². The van der Waals surface area contributed by atoms with E-state index in [1.165, 1.54) is 11.8 Å². The number of nitrogens with one attached hydrogen (secondary N) is 3. The molecule has 0 unspecified atom stereocenters. The zero-order valence-electron chi connectivity index (χ0n) is 15.5. The molecule has 0 saturated heterocycles. The Balaban J connectivity index is 1.77. The molecule has 27 heavy (non-hydrogen) atoms. The van der Waals surface area contributed by atoms with Crippen molar-refractivity contribution in [3.63, 3.8) is 0 Å². The van der Waals surface area contributed by atoms with Gasteiger partial charge in [0.2, 0.25) is 5.43 Å². The average Bonchev–Trinajstić information content (AvgIpc) is 2.68. The van der Waals surface area contributed by atoms with Crippen molar-refractivity contribution < 1.29 is 9.53 Å². The number of aromatic amines is 1. The molecule has 6 nitrogen and oxygen atoms in total. The minimum absolute atomic E-state index is 0.101. The second kappa shape index (κ2) is 8.62. The summed E-state index contributed by atoms with van der Waals surface area (Å²) in [7, 11) is 3.50. The fraction of sp³-hybridized carbons (Fsp3) is 0.238. The zero-order chi connectivity index (χ0) is 19.2. The lowest BCUT2D eigenvalue weighted by Gasteiger charge is -2.09. The summed E-state index contributed by atoms with van der Waals surface area (Å²) in [6.45, 7) is 1.55. The van der Waals surface area contributed by atoms with Gasteiger partial charge >= 0.3 is 0 Å². The molecular formula is C21H23N3O3. The molecule has 140 valence electrons. The molecule has 3 rings (SSSR count). The quantitative estimate of drug-likeness (QED) is 0.600. The van der Waals surface area contributed by atoms with Gasteiger partial charge in [0.25, 0.3) is 5.91 Å². The number of hydrogen-bond donors (Lipinski definition) is 3. The number of para-hydroxylation sites is 1. The van der Waals surface area contributed by atoms with Crippen LogP contribution in [0.25, 0.3) is 10.9 Å². The van der Waals surface area contributed by atoms with Crippen LogP contribution in [0, 0.1) is 0 Å². The van der Waals surface area contributed by atoms with Crippen LogP contribution in [0.4, 0.5) is 0 Å². The molecule has 3 N–H and O–H groups in total. The number of benzene rings is 2. The maximum atomic E-state index is 12.7. The molecular weight excluding hydrogens is 342 g/mol. The van der Waals surface area contributed by atoms with E-state index in [4.69, 9.17) is 4.74 Å². The summed E-state index contributed by atoms with van der Waals surface area (Å²) < 4.78 is 5.16. The number of carbonyl (C=O) groups excluding carboxylic acids is 1. The standard InChI is InChI=1S/C21H23N3O3/c1-22-10-14-6-8-15(9-7-14)11-24-21(26)18-12-23-19-16(13-27-2)4-3-5-17(19)20(18)25/h3-9,12,22H,10-11,13H2,1-2H3,(H,23,25)(H,24,26). The van der Waals surface area contributed by atoms with Crippen LogP contribution in [0.1, 0.15) is 27.0 Å². The number of aromatic nitrogens is 1. The number of pyridine rings is 1. The zero-order valence-corrected chi connectivity index (χ0v) is 15.5. The topological polar surface area (TPSA) is 83.2 Å². The Labute approximate surface area is 157 Å². The van der Waals surface area contributed by atoms with Gasteiger partial charge < -0.3 is 20.4 Å². The van der Waals surface area contributed by atoms with Gasteiger partial charge in [0.15, 0.2) is 0 Å². The van der Waals surface area contributed by atoms with Gasteiger partial charge in [0, 0.05) is 37.3 Å². The van der Waals surface area contributed by atoms with E-state index in [0.29, 0.717) is 24.1 Å². The van der Waals surface area contributed by atoms with Crippen molar-refractivity contribution in [1.29, 1.82) is 0 Å². The first-order valence-electron chi connectivity index (χ1n) is 8.77. The predicted molar refractivity (Wildman–Crippen MR) is 106 cm³/mol.